The van der Waals surface area contributed by atoms with Gasteiger partial charge in [-0.05, 0) is 40.2 Å². The molecule has 218 valence electrons. The number of pyridine rings is 2. The van der Waals surface area contributed by atoms with Crippen molar-refractivity contribution < 1.29 is 35.5 Å². The Labute approximate surface area is 244 Å². The molecule has 0 aliphatic carbocycles. The fraction of sp³-hybridized carbons (Fsp3) is 0.231. The third-order valence-corrected chi connectivity index (χ3v) is 8.99. The number of benzene rings is 1. The number of hydrogen-bond donors (Lipinski definition) is 0. The number of nitrogens with zero attached hydrogens (tertiary/aromatic N) is 6. The maximum Gasteiger partial charge on any atom is 0.507 e. The molecular weight excluding hydrogens is 648 g/mol. The number of sulfone groups is 1. The molecule has 0 radical (unpaired) electrons. The van der Waals surface area contributed by atoms with Gasteiger partial charge in [0.05, 0.1) is 22.5 Å². The van der Waals surface area contributed by atoms with Gasteiger partial charge in [0.2, 0.25) is 0 Å². The van der Waals surface area contributed by atoms with E-state index < -0.39 is 33.6 Å². The first-order valence-corrected chi connectivity index (χ1v) is 14.7. The summed E-state index contributed by atoms with van der Waals surface area (Å²) in [7, 11) is -0.870. The van der Waals surface area contributed by atoms with Crippen LogP contribution in [0.5, 0.6) is 11.5 Å². The van der Waals surface area contributed by atoms with E-state index in [2.05, 4.69) is 45.3 Å². The minimum Gasteiger partial charge on any atom is -0.421 e. The van der Waals surface area contributed by atoms with Crippen LogP contribution in [-0.2, 0) is 23.9 Å². The Morgan fingerprint density at radius 2 is 1.50 bits per heavy atom. The summed E-state index contributed by atoms with van der Waals surface area (Å²) in [5, 5.41) is -0.158. The predicted molar refractivity (Wildman–Crippen MR) is 146 cm³/mol. The summed E-state index contributed by atoms with van der Waals surface area (Å²) in [5.74, 6) is -1.28. The summed E-state index contributed by atoms with van der Waals surface area (Å²) >= 11 is 3.34. The van der Waals surface area contributed by atoms with Crippen molar-refractivity contribution in [2.24, 2.45) is 14.1 Å². The highest BCUT2D eigenvalue weighted by Crippen LogP contribution is 2.48. The molecule has 1 aliphatic heterocycles. The van der Waals surface area contributed by atoms with Gasteiger partial charge in [0.1, 0.15) is 11.4 Å². The molecule has 10 nitrogen and oxygen atoms in total. The summed E-state index contributed by atoms with van der Waals surface area (Å²) in [5.41, 5.74) is 1.97. The lowest BCUT2D eigenvalue weighted by molar-refractivity contribution is -0.391. The van der Waals surface area contributed by atoms with Crippen LogP contribution in [0.2, 0.25) is 0 Å². The minimum atomic E-state index is -4.90. The molecular formula is C26H19BrF4N6O4S. The molecule has 1 aromatic carbocycles. The molecule has 0 unspecified atom stereocenters. The number of ether oxygens (including phenoxy) is 2. The predicted octanol–water partition coefficient (Wildman–Crippen LogP) is 5.61. The molecule has 6 rings (SSSR count). The fourth-order valence-electron chi connectivity index (χ4n) is 4.54. The first-order chi connectivity index (χ1) is 19.7. The van der Waals surface area contributed by atoms with Gasteiger partial charge in [-0.2, -0.15) is 17.6 Å². The van der Waals surface area contributed by atoms with Crippen molar-refractivity contribution in [1.29, 1.82) is 0 Å². The van der Waals surface area contributed by atoms with E-state index in [1.54, 1.807) is 24.5 Å². The highest BCUT2D eigenvalue weighted by Gasteiger charge is 2.66. The molecule has 0 saturated heterocycles. The lowest BCUT2D eigenvalue weighted by atomic mass is 10.2. The normalized spacial score (nSPS) is 15.7. The largest absolute Gasteiger partial charge is 0.507 e. The van der Waals surface area contributed by atoms with Crippen molar-refractivity contribution in [3.05, 3.63) is 53.3 Å². The zero-order valence-electron chi connectivity index (χ0n) is 21.9. The van der Waals surface area contributed by atoms with E-state index in [9.17, 15) is 26.0 Å². The van der Waals surface area contributed by atoms with Crippen molar-refractivity contribution in [1.82, 2.24) is 29.1 Å². The van der Waals surface area contributed by atoms with Crippen LogP contribution >= 0.6 is 15.9 Å². The third kappa shape index (κ3) is 4.40. The second-order valence-electron chi connectivity index (χ2n) is 9.37. The molecule has 0 fully saturated rings. The third-order valence-electron chi connectivity index (χ3n) is 6.71. The number of fused-ring (bicyclic) bond motifs is 2. The Morgan fingerprint density at radius 1 is 0.857 bits per heavy atom. The van der Waals surface area contributed by atoms with Crippen molar-refractivity contribution in [2.45, 2.75) is 24.2 Å². The number of halogens is 5. The average Bonchev–Trinajstić information content (AvgIpc) is 3.45. The van der Waals surface area contributed by atoms with Crippen LogP contribution in [0.4, 0.5) is 17.6 Å². The summed E-state index contributed by atoms with van der Waals surface area (Å²) in [6.07, 6.45) is -6.57. The Kier molecular flexibility index (Phi) is 6.34. The van der Waals surface area contributed by atoms with E-state index in [0.717, 1.165) is 22.2 Å². The van der Waals surface area contributed by atoms with Gasteiger partial charge in [-0.25, -0.2) is 18.4 Å². The number of hydrogen-bond acceptors (Lipinski definition) is 8. The average molecular weight is 667 g/mol. The van der Waals surface area contributed by atoms with Crippen molar-refractivity contribution in [3.63, 3.8) is 0 Å². The summed E-state index contributed by atoms with van der Waals surface area (Å²) in [6, 6.07) is 9.18. The molecule has 42 heavy (non-hydrogen) atoms. The molecule has 4 aromatic heterocycles. The number of alkyl halides is 4. The Hall–Kier alpha value is -4.05. The number of aryl methyl sites for hydroxylation is 1. The Bertz CT molecular complexity index is 1980. The Morgan fingerprint density at radius 3 is 2.10 bits per heavy atom. The highest BCUT2D eigenvalue weighted by atomic mass is 79.9. The fourth-order valence-corrected chi connectivity index (χ4v) is 5.98. The highest BCUT2D eigenvalue weighted by molar-refractivity contribution is 9.10. The zero-order valence-corrected chi connectivity index (χ0v) is 24.3. The second-order valence-corrected chi connectivity index (χ2v) is 12.5. The zero-order chi connectivity index (χ0) is 30.2. The maximum atomic E-state index is 13.8. The van der Waals surface area contributed by atoms with Gasteiger partial charge in [-0.15, -0.1) is 0 Å². The van der Waals surface area contributed by atoms with Crippen LogP contribution < -0.4 is 9.47 Å². The first kappa shape index (κ1) is 28.1. The molecule has 16 heteroatoms. The maximum absolute atomic E-state index is 13.8. The van der Waals surface area contributed by atoms with Crippen LogP contribution in [0.1, 0.15) is 6.92 Å². The molecule has 0 atom stereocenters. The number of rotatable bonds is 5. The van der Waals surface area contributed by atoms with Crippen LogP contribution in [0, 0.1) is 0 Å². The standard InChI is InChI=1S/C26H19BrF4N6O4S/c1-4-42(38,39)24-21(35-22(37(24)3)16-7-5-13(11-32-16)15-8-6-14(27)12-33-15)23-34-17-9-19-20(10-18(17)36(23)2)41-26(30,31)25(28,29)40-19/h5-12H,4H2,1-3H3. The molecule has 0 saturated carbocycles. The van der Waals surface area contributed by atoms with Crippen LogP contribution in [0.3, 0.4) is 0 Å². The van der Waals surface area contributed by atoms with Crippen LogP contribution in [-0.4, -0.2) is 55.5 Å². The Balaban J connectivity index is 1.49. The number of imidazole rings is 2. The molecule has 5 heterocycles. The van der Waals surface area contributed by atoms with Gasteiger partial charge in [0.15, 0.2) is 38.0 Å². The van der Waals surface area contributed by atoms with E-state index in [0.29, 0.717) is 11.4 Å². The summed E-state index contributed by atoms with van der Waals surface area (Å²) in [6.45, 7) is 1.47. The van der Waals surface area contributed by atoms with Gasteiger partial charge in [0, 0.05) is 48.7 Å². The molecule has 0 N–H and O–H groups in total. The van der Waals surface area contributed by atoms with Gasteiger partial charge in [0.25, 0.3) is 0 Å². The van der Waals surface area contributed by atoms with Crippen molar-refractivity contribution >= 4 is 36.8 Å². The van der Waals surface area contributed by atoms with E-state index in [4.69, 9.17) is 0 Å². The van der Waals surface area contributed by atoms with Crippen molar-refractivity contribution in [3.8, 4) is 45.8 Å². The quantitative estimate of drug-likeness (QED) is 0.223. The molecule has 0 amide bonds. The van der Waals surface area contributed by atoms with Gasteiger partial charge >= 0.3 is 12.2 Å². The molecule has 0 bridgehead atoms. The van der Waals surface area contributed by atoms with E-state index in [1.165, 1.54) is 30.2 Å². The molecule has 1 aliphatic rings. The lowest BCUT2D eigenvalue weighted by Gasteiger charge is -2.31. The second kappa shape index (κ2) is 9.49. The number of aromatic nitrogens is 6. The monoisotopic (exact) mass is 666 g/mol. The van der Waals surface area contributed by atoms with Gasteiger partial charge < -0.3 is 18.6 Å². The van der Waals surface area contributed by atoms with E-state index in [-0.39, 0.29) is 39.2 Å². The SMILES string of the molecule is CCS(=O)(=O)c1c(-c2nc3cc4c(cc3n2C)OC(F)(F)C(F)(F)O4)nc(-c2ccc(-c3ccc(Br)cn3)cn2)n1C. The first-order valence-electron chi connectivity index (χ1n) is 12.2. The van der Waals surface area contributed by atoms with Crippen molar-refractivity contribution in [2.75, 3.05) is 5.75 Å². The minimum absolute atomic E-state index is 0.0374. The van der Waals surface area contributed by atoms with Gasteiger partial charge in [-0.3, -0.25) is 9.97 Å². The molecule has 0 spiro atoms. The van der Waals surface area contributed by atoms with E-state index in [1.807, 2.05) is 12.1 Å². The van der Waals surface area contributed by atoms with Crippen LogP contribution in [0.15, 0.2) is 58.3 Å². The summed E-state index contributed by atoms with van der Waals surface area (Å²) in [4.78, 5) is 17.8. The van der Waals surface area contributed by atoms with Gasteiger partial charge in [-0.1, -0.05) is 6.92 Å². The summed E-state index contributed by atoms with van der Waals surface area (Å²) < 4.78 is 93.7. The molecule has 5 aromatic rings. The lowest BCUT2D eigenvalue weighted by Crippen LogP contribution is -2.52. The topological polar surface area (TPSA) is 114 Å². The van der Waals surface area contributed by atoms with E-state index >= 15 is 0 Å². The van der Waals surface area contributed by atoms with Crippen LogP contribution in [0.25, 0.3) is 45.3 Å². The smallest absolute Gasteiger partial charge is 0.421 e.